The van der Waals surface area contributed by atoms with Crippen LogP contribution in [0.4, 0.5) is 5.69 Å². The number of hydrogen-bond donors (Lipinski definition) is 1. The van der Waals surface area contributed by atoms with Gasteiger partial charge in [0.25, 0.3) is 0 Å². The van der Waals surface area contributed by atoms with E-state index in [9.17, 15) is 4.79 Å². The molecule has 2 heterocycles. The van der Waals surface area contributed by atoms with E-state index in [1.807, 2.05) is 50.2 Å². The molecule has 0 aliphatic carbocycles. The van der Waals surface area contributed by atoms with Crippen LogP contribution in [0.15, 0.2) is 48.8 Å². The van der Waals surface area contributed by atoms with Crippen LogP contribution >= 0.6 is 0 Å². The summed E-state index contributed by atoms with van der Waals surface area (Å²) in [5.41, 5.74) is 2.42. The molecule has 0 saturated carbocycles. The number of rotatable bonds is 3. The number of nitrogens with one attached hydrogen (secondary N) is 1. The van der Waals surface area contributed by atoms with E-state index in [4.69, 9.17) is 0 Å². The first-order chi connectivity index (χ1) is 10.1. The van der Waals surface area contributed by atoms with Crippen molar-refractivity contribution in [2.75, 3.05) is 5.32 Å². The predicted octanol–water partition coefficient (Wildman–Crippen LogP) is 3.02. The molecule has 5 nitrogen and oxygen atoms in total. The highest BCUT2D eigenvalue weighted by molar-refractivity contribution is 5.92. The first-order valence-corrected chi connectivity index (χ1v) is 6.85. The van der Waals surface area contributed by atoms with Crippen LogP contribution in [0.1, 0.15) is 13.8 Å². The Labute approximate surface area is 122 Å². The van der Waals surface area contributed by atoms with Gasteiger partial charge in [0.1, 0.15) is 0 Å². The second-order valence-corrected chi connectivity index (χ2v) is 5.17. The fraction of sp³-hybridized carbons (Fsp3) is 0.188. The summed E-state index contributed by atoms with van der Waals surface area (Å²) in [6.07, 6.45) is 3.52. The van der Waals surface area contributed by atoms with Crippen LogP contribution in [0.25, 0.3) is 16.7 Å². The summed E-state index contributed by atoms with van der Waals surface area (Å²) in [6.45, 7) is 3.73. The lowest BCUT2D eigenvalue weighted by atomic mass is 10.2. The molecule has 0 saturated heterocycles. The molecule has 0 fully saturated rings. The van der Waals surface area contributed by atoms with E-state index in [2.05, 4.69) is 15.4 Å². The number of anilines is 1. The zero-order chi connectivity index (χ0) is 14.8. The van der Waals surface area contributed by atoms with E-state index < -0.39 is 0 Å². The zero-order valence-electron chi connectivity index (χ0n) is 11.9. The third kappa shape index (κ3) is 2.63. The molecule has 106 valence electrons. The molecular formula is C16H16N4O. The average Bonchev–Trinajstić information content (AvgIpc) is 2.91. The smallest absolute Gasteiger partial charge is 0.226 e. The van der Waals surface area contributed by atoms with Crippen LogP contribution in [0.3, 0.4) is 0 Å². The Kier molecular flexibility index (Phi) is 3.39. The quantitative estimate of drug-likeness (QED) is 0.802. The largest absolute Gasteiger partial charge is 0.326 e. The molecule has 2 aromatic heterocycles. The van der Waals surface area contributed by atoms with E-state index in [1.165, 1.54) is 0 Å². The predicted molar refractivity (Wildman–Crippen MR) is 82.3 cm³/mol. The Morgan fingerprint density at radius 3 is 2.90 bits per heavy atom. The molecule has 3 rings (SSSR count). The SMILES string of the molecule is CC(C)C(=O)Nc1cccc(-n2ncc3cccnc32)c1. The van der Waals surface area contributed by atoms with Gasteiger partial charge in [-0.05, 0) is 30.3 Å². The maximum absolute atomic E-state index is 11.8. The van der Waals surface area contributed by atoms with Crippen molar-refractivity contribution in [1.29, 1.82) is 0 Å². The van der Waals surface area contributed by atoms with Crippen LogP contribution in [-0.4, -0.2) is 20.7 Å². The number of fused-ring (bicyclic) bond motifs is 1. The molecule has 5 heteroatoms. The normalized spacial score (nSPS) is 11.0. The molecule has 0 unspecified atom stereocenters. The standard InChI is InChI=1S/C16H16N4O/c1-11(2)16(21)19-13-6-3-7-14(9-13)20-15-12(10-18-20)5-4-8-17-15/h3-11H,1-2H3,(H,19,21). The highest BCUT2D eigenvalue weighted by Crippen LogP contribution is 2.19. The first-order valence-electron chi connectivity index (χ1n) is 6.85. The molecule has 0 aliphatic heterocycles. The second-order valence-electron chi connectivity index (χ2n) is 5.17. The van der Waals surface area contributed by atoms with E-state index in [1.54, 1.807) is 17.1 Å². The minimum atomic E-state index is -0.0548. The third-order valence-electron chi connectivity index (χ3n) is 3.21. The molecular weight excluding hydrogens is 264 g/mol. The molecule has 0 aliphatic rings. The van der Waals surface area contributed by atoms with Gasteiger partial charge >= 0.3 is 0 Å². The van der Waals surface area contributed by atoms with Gasteiger partial charge in [0.05, 0.1) is 11.9 Å². The first kappa shape index (κ1) is 13.3. The van der Waals surface area contributed by atoms with Gasteiger partial charge in [0.2, 0.25) is 5.91 Å². The van der Waals surface area contributed by atoms with Crippen molar-refractivity contribution in [3.8, 4) is 5.69 Å². The summed E-state index contributed by atoms with van der Waals surface area (Å²) in [5.74, 6) is -0.0588. The summed E-state index contributed by atoms with van der Waals surface area (Å²) in [7, 11) is 0. The summed E-state index contributed by atoms with van der Waals surface area (Å²) in [5, 5.41) is 8.23. The molecule has 0 radical (unpaired) electrons. The lowest BCUT2D eigenvalue weighted by molar-refractivity contribution is -0.118. The zero-order valence-corrected chi connectivity index (χ0v) is 11.9. The van der Waals surface area contributed by atoms with Gasteiger partial charge in [0.15, 0.2) is 5.65 Å². The van der Waals surface area contributed by atoms with Gasteiger partial charge in [0, 0.05) is 23.2 Å². The van der Waals surface area contributed by atoms with Crippen molar-refractivity contribution < 1.29 is 4.79 Å². The molecule has 1 amide bonds. The molecule has 1 N–H and O–H groups in total. The fourth-order valence-electron chi connectivity index (χ4n) is 2.05. The number of aromatic nitrogens is 3. The topological polar surface area (TPSA) is 59.8 Å². The molecule has 0 spiro atoms. The number of benzene rings is 1. The van der Waals surface area contributed by atoms with E-state index in [0.717, 1.165) is 22.4 Å². The van der Waals surface area contributed by atoms with Crippen LogP contribution in [0, 0.1) is 5.92 Å². The Balaban J connectivity index is 1.98. The van der Waals surface area contributed by atoms with Gasteiger partial charge in [-0.25, -0.2) is 9.67 Å². The maximum atomic E-state index is 11.8. The Hall–Kier alpha value is -2.69. The number of nitrogens with zero attached hydrogens (tertiary/aromatic N) is 3. The highest BCUT2D eigenvalue weighted by atomic mass is 16.1. The van der Waals surface area contributed by atoms with Crippen molar-refractivity contribution in [3.05, 3.63) is 48.8 Å². The Morgan fingerprint density at radius 2 is 2.10 bits per heavy atom. The van der Waals surface area contributed by atoms with E-state index in [-0.39, 0.29) is 11.8 Å². The molecule has 21 heavy (non-hydrogen) atoms. The molecule has 0 bridgehead atoms. The van der Waals surface area contributed by atoms with Crippen molar-refractivity contribution >= 4 is 22.6 Å². The highest BCUT2D eigenvalue weighted by Gasteiger charge is 2.09. The summed E-state index contributed by atoms with van der Waals surface area (Å²) in [4.78, 5) is 16.1. The van der Waals surface area contributed by atoms with Gasteiger partial charge in [-0.2, -0.15) is 5.10 Å². The lowest BCUT2D eigenvalue weighted by Crippen LogP contribution is -2.17. The molecule has 0 atom stereocenters. The van der Waals surface area contributed by atoms with Crippen molar-refractivity contribution in [2.24, 2.45) is 5.92 Å². The number of carbonyl (C=O) groups is 1. The van der Waals surface area contributed by atoms with Crippen LogP contribution in [0.5, 0.6) is 0 Å². The van der Waals surface area contributed by atoms with Gasteiger partial charge in [-0.1, -0.05) is 19.9 Å². The minimum absolute atomic E-state index is 0.00408. The third-order valence-corrected chi connectivity index (χ3v) is 3.21. The van der Waals surface area contributed by atoms with E-state index >= 15 is 0 Å². The summed E-state index contributed by atoms with van der Waals surface area (Å²) < 4.78 is 1.76. The lowest BCUT2D eigenvalue weighted by Gasteiger charge is -2.09. The number of carbonyl (C=O) groups excluding carboxylic acids is 1. The monoisotopic (exact) mass is 280 g/mol. The van der Waals surface area contributed by atoms with Crippen LogP contribution in [-0.2, 0) is 4.79 Å². The maximum Gasteiger partial charge on any atom is 0.226 e. The van der Waals surface area contributed by atoms with E-state index in [0.29, 0.717) is 0 Å². The summed E-state index contributed by atoms with van der Waals surface area (Å²) in [6, 6.07) is 11.4. The summed E-state index contributed by atoms with van der Waals surface area (Å²) >= 11 is 0. The van der Waals surface area contributed by atoms with Crippen LogP contribution in [0.2, 0.25) is 0 Å². The molecule has 3 aromatic rings. The average molecular weight is 280 g/mol. The Morgan fingerprint density at radius 1 is 1.24 bits per heavy atom. The number of pyridine rings is 1. The van der Waals surface area contributed by atoms with Crippen molar-refractivity contribution in [1.82, 2.24) is 14.8 Å². The van der Waals surface area contributed by atoms with Crippen molar-refractivity contribution in [2.45, 2.75) is 13.8 Å². The second kappa shape index (κ2) is 5.36. The van der Waals surface area contributed by atoms with Gasteiger partial charge < -0.3 is 5.32 Å². The number of amides is 1. The Bertz CT molecular complexity index is 792. The minimum Gasteiger partial charge on any atom is -0.326 e. The van der Waals surface area contributed by atoms with Gasteiger partial charge in [-0.3, -0.25) is 4.79 Å². The van der Waals surface area contributed by atoms with Crippen molar-refractivity contribution in [3.63, 3.8) is 0 Å². The fourth-order valence-corrected chi connectivity index (χ4v) is 2.05. The van der Waals surface area contributed by atoms with Crippen LogP contribution < -0.4 is 5.32 Å². The number of hydrogen-bond acceptors (Lipinski definition) is 3. The molecule has 1 aromatic carbocycles. The van der Waals surface area contributed by atoms with Gasteiger partial charge in [-0.15, -0.1) is 0 Å².